The van der Waals surface area contributed by atoms with E-state index in [0.29, 0.717) is 5.41 Å². The van der Waals surface area contributed by atoms with E-state index in [-0.39, 0.29) is 0 Å². The lowest BCUT2D eigenvalue weighted by Gasteiger charge is -2.39. The molecule has 2 nitrogen and oxygen atoms in total. The van der Waals surface area contributed by atoms with Crippen LogP contribution in [-0.2, 0) is 0 Å². The first-order valence-electron chi connectivity index (χ1n) is 8.12. The lowest BCUT2D eigenvalue weighted by molar-refractivity contribution is 0.156. The Morgan fingerprint density at radius 3 is 1.94 bits per heavy atom. The van der Waals surface area contributed by atoms with Gasteiger partial charge in [-0.1, -0.05) is 13.8 Å². The first-order chi connectivity index (χ1) is 8.62. The molecule has 1 heterocycles. The Morgan fingerprint density at radius 2 is 1.39 bits per heavy atom. The molecule has 2 heteroatoms. The van der Waals surface area contributed by atoms with Crippen LogP contribution in [0.15, 0.2) is 0 Å². The number of piperidine rings is 1. The predicted molar refractivity (Wildman–Crippen MR) is 76.8 cm³/mol. The van der Waals surface area contributed by atoms with Gasteiger partial charge in [-0.3, -0.25) is 0 Å². The molecule has 18 heavy (non-hydrogen) atoms. The molecule has 2 saturated carbocycles. The molecular formula is C16H30N2. The van der Waals surface area contributed by atoms with Crippen LogP contribution in [0.2, 0.25) is 0 Å². The maximum absolute atomic E-state index is 3.95. The van der Waals surface area contributed by atoms with Crippen LogP contribution in [-0.4, -0.2) is 36.1 Å². The van der Waals surface area contributed by atoms with Crippen LogP contribution in [0, 0.1) is 5.41 Å². The summed E-state index contributed by atoms with van der Waals surface area (Å²) in [7, 11) is 0. The molecule has 0 amide bonds. The SMILES string of the molecule is CC1(C)CCC(NC2CCN(C3CC3)CC2)CC1. The summed E-state index contributed by atoms with van der Waals surface area (Å²) in [4.78, 5) is 2.72. The molecule has 0 aromatic rings. The summed E-state index contributed by atoms with van der Waals surface area (Å²) in [6.07, 6.45) is 11.3. The van der Waals surface area contributed by atoms with Crippen molar-refractivity contribution in [2.24, 2.45) is 5.41 Å². The molecule has 0 aromatic carbocycles. The second-order valence-corrected chi connectivity index (χ2v) is 7.65. The van der Waals surface area contributed by atoms with Crippen molar-refractivity contribution in [1.29, 1.82) is 0 Å². The minimum absolute atomic E-state index is 0.605. The van der Waals surface area contributed by atoms with Crippen LogP contribution in [0.25, 0.3) is 0 Å². The Labute approximate surface area is 113 Å². The lowest BCUT2D eigenvalue weighted by Crippen LogP contribution is -2.48. The minimum atomic E-state index is 0.605. The van der Waals surface area contributed by atoms with Crippen LogP contribution in [0.3, 0.4) is 0 Å². The van der Waals surface area contributed by atoms with E-state index in [4.69, 9.17) is 0 Å². The van der Waals surface area contributed by atoms with E-state index in [0.717, 1.165) is 18.1 Å². The molecular weight excluding hydrogens is 220 g/mol. The number of hydrogen-bond donors (Lipinski definition) is 1. The zero-order chi connectivity index (χ0) is 12.6. The average Bonchev–Trinajstić information content (AvgIpc) is 3.17. The minimum Gasteiger partial charge on any atom is -0.311 e. The van der Waals surface area contributed by atoms with Crippen molar-refractivity contribution in [3.8, 4) is 0 Å². The molecule has 0 radical (unpaired) electrons. The van der Waals surface area contributed by atoms with Gasteiger partial charge in [0, 0.05) is 18.1 Å². The zero-order valence-corrected chi connectivity index (χ0v) is 12.3. The number of hydrogen-bond acceptors (Lipinski definition) is 2. The van der Waals surface area contributed by atoms with Gasteiger partial charge in [-0.05, 0) is 69.9 Å². The topological polar surface area (TPSA) is 15.3 Å². The van der Waals surface area contributed by atoms with E-state index in [1.807, 2.05) is 0 Å². The summed E-state index contributed by atoms with van der Waals surface area (Å²) in [5, 5.41) is 3.95. The van der Waals surface area contributed by atoms with Gasteiger partial charge in [-0.15, -0.1) is 0 Å². The summed E-state index contributed by atoms with van der Waals surface area (Å²) in [5.41, 5.74) is 0.605. The molecule has 1 N–H and O–H groups in total. The fraction of sp³-hybridized carbons (Fsp3) is 1.00. The summed E-state index contributed by atoms with van der Waals surface area (Å²) in [6.45, 7) is 7.55. The van der Waals surface area contributed by atoms with Crippen molar-refractivity contribution >= 4 is 0 Å². The molecule has 2 aliphatic carbocycles. The third-order valence-corrected chi connectivity index (χ3v) is 5.40. The second kappa shape index (κ2) is 5.13. The van der Waals surface area contributed by atoms with E-state index >= 15 is 0 Å². The fourth-order valence-electron chi connectivity index (χ4n) is 3.77. The second-order valence-electron chi connectivity index (χ2n) is 7.65. The maximum Gasteiger partial charge on any atom is 0.00964 e. The van der Waals surface area contributed by atoms with Crippen LogP contribution in [0.1, 0.15) is 65.2 Å². The highest BCUT2D eigenvalue weighted by Gasteiger charge is 2.33. The Bertz CT molecular complexity index is 265. The van der Waals surface area contributed by atoms with Crippen molar-refractivity contribution in [1.82, 2.24) is 10.2 Å². The van der Waals surface area contributed by atoms with E-state index in [1.165, 1.54) is 64.5 Å². The molecule has 3 rings (SSSR count). The average molecular weight is 250 g/mol. The summed E-state index contributed by atoms with van der Waals surface area (Å²) in [5.74, 6) is 0. The molecule has 0 spiro atoms. The third-order valence-electron chi connectivity index (χ3n) is 5.40. The fourth-order valence-corrected chi connectivity index (χ4v) is 3.77. The van der Waals surface area contributed by atoms with Gasteiger partial charge >= 0.3 is 0 Å². The molecule has 1 aliphatic heterocycles. The van der Waals surface area contributed by atoms with Gasteiger partial charge in [0.05, 0.1) is 0 Å². The molecule has 1 saturated heterocycles. The first-order valence-corrected chi connectivity index (χ1v) is 8.12. The largest absolute Gasteiger partial charge is 0.311 e. The smallest absolute Gasteiger partial charge is 0.00964 e. The van der Waals surface area contributed by atoms with Crippen molar-refractivity contribution in [3.63, 3.8) is 0 Å². The third kappa shape index (κ3) is 3.27. The highest BCUT2D eigenvalue weighted by Crippen LogP contribution is 2.35. The Balaban J connectivity index is 1.39. The van der Waals surface area contributed by atoms with E-state index < -0.39 is 0 Å². The predicted octanol–water partition coefficient (Wildman–Crippen LogP) is 3.17. The highest BCUT2D eigenvalue weighted by molar-refractivity contribution is 4.90. The van der Waals surface area contributed by atoms with Gasteiger partial charge < -0.3 is 10.2 Å². The monoisotopic (exact) mass is 250 g/mol. The van der Waals surface area contributed by atoms with E-state index in [9.17, 15) is 0 Å². The molecule has 3 fully saturated rings. The molecule has 3 aliphatic rings. The molecule has 104 valence electrons. The lowest BCUT2D eigenvalue weighted by atomic mass is 9.75. The molecule has 0 atom stereocenters. The Morgan fingerprint density at radius 1 is 0.833 bits per heavy atom. The normalized spacial score (nSPS) is 31.7. The standard InChI is InChI=1S/C16H30N2/c1-16(2)9-5-13(6-10-16)17-14-7-11-18(12-8-14)15-3-4-15/h13-15,17H,3-12H2,1-2H3. The first kappa shape index (κ1) is 12.9. The molecule has 0 unspecified atom stereocenters. The number of nitrogens with one attached hydrogen (secondary N) is 1. The molecule has 0 aromatic heterocycles. The number of rotatable bonds is 3. The van der Waals surface area contributed by atoms with Gasteiger partial charge in [-0.2, -0.15) is 0 Å². The van der Waals surface area contributed by atoms with E-state index in [2.05, 4.69) is 24.1 Å². The van der Waals surface area contributed by atoms with Crippen LogP contribution >= 0.6 is 0 Å². The zero-order valence-electron chi connectivity index (χ0n) is 12.3. The highest BCUT2D eigenvalue weighted by atomic mass is 15.2. The van der Waals surface area contributed by atoms with Gasteiger partial charge in [-0.25, -0.2) is 0 Å². The van der Waals surface area contributed by atoms with Gasteiger partial charge in [0.25, 0.3) is 0 Å². The Hall–Kier alpha value is -0.0800. The Kier molecular flexibility index (Phi) is 3.68. The number of nitrogens with zero attached hydrogens (tertiary/aromatic N) is 1. The maximum atomic E-state index is 3.95. The van der Waals surface area contributed by atoms with Crippen molar-refractivity contribution in [2.75, 3.05) is 13.1 Å². The van der Waals surface area contributed by atoms with E-state index in [1.54, 1.807) is 0 Å². The van der Waals surface area contributed by atoms with Crippen molar-refractivity contribution in [2.45, 2.75) is 83.3 Å². The van der Waals surface area contributed by atoms with Gasteiger partial charge in [0.15, 0.2) is 0 Å². The summed E-state index contributed by atoms with van der Waals surface area (Å²) in [6, 6.07) is 2.60. The van der Waals surface area contributed by atoms with Crippen LogP contribution < -0.4 is 5.32 Å². The summed E-state index contributed by atoms with van der Waals surface area (Å²) >= 11 is 0. The molecule has 0 bridgehead atoms. The van der Waals surface area contributed by atoms with Gasteiger partial charge in [0.1, 0.15) is 0 Å². The number of likely N-dealkylation sites (tertiary alicyclic amines) is 1. The van der Waals surface area contributed by atoms with Crippen LogP contribution in [0.4, 0.5) is 0 Å². The van der Waals surface area contributed by atoms with Gasteiger partial charge in [0.2, 0.25) is 0 Å². The van der Waals surface area contributed by atoms with Crippen molar-refractivity contribution < 1.29 is 0 Å². The van der Waals surface area contributed by atoms with Crippen LogP contribution in [0.5, 0.6) is 0 Å². The summed E-state index contributed by atoms with van der Waals surface area (Å²) < 4.78 is 0. The quantitative estimate of drug-likeness (QED) is 0.827. The van der Waals surface area contributed by atoms with Crippen molar-refractivity contribution in [3.05, 3.63) is 0 Å².